The van der Waals surface area contributed by atoms with Gasteiger partial charge in [-0.05, 0) is 12.1 Å². The van der Waals surface area contributed by atoms with Crippen LogP contribution in [0.3, 0.4) is 0 Å². The van der Waals surface area contributed by atoms with Gasteiger partial charge in [-0.2, -0.15) is 0 Å². The molecule has 0 aromatic heterocycles. The van der Waals surface area contributed by atoms with E-state index in [0.29, 0.717) is 15.7 Å². The SMILES string of the molecule is CC1CN(c2c(Cl)cccc2Cl)C(=O)NC1=O. The molecule has 1 N–H and O–H groups in total. The van der Waals surface area contributed by atoms with Gasteiger partial charge in [0.1, 0.15) is 0 Å². The summed E-state index contributed by atoms with van der Waals surface area (Å²) < 4.78 is 0. The Kier molecular flexibility index (Phi) is 3.26. The van der Waals surface area contributed by atoms with Crippen LogP contribution in [0.15, 0.2) is 18.2 Å². The second kappa shape index (κ2) is 4.55. The van der Waals surface area contributed by atoms with Crippen molar-refractivity contribution in [2.45, 2.75) is 6.92 Å². The number of halogens is 2. The highest BCUT2D eigenvalue weighted by molar-refractivity contribution is 6.40. The Morgan fingerprint density at radius 1 is 1.29 bits per heavy atom. The van der Waals surface area contributed by atoms with Crippen LogP contribution in [-0.4, -0.2) is 18.5 Å². The second-order valence-electron chi connectivity index (χ2n) is 3.88. The van der Waals surface area contributed by atoms with E-state index in [9.17, 15) is 9.59 Å². The molecule has 0 aliphatic carbocycles. The van der Waals surface area contributed by atoms with Crippen molar-refractivity contribution in [2.75, 3.05) is 11.4 Å². The molecule has 2 rings (SSSR count). The molecule has 1 aliphatic rings. The fraction of sp³-hybridized carbons (Fsp3) is 0.273. The Labute approximate surface area is 108 Å². The van der Waals surface area contributed by atoms with E-state index in [1.165, 1.54) is 4.90 Å². The lowest BCUT2D eigenvalue weighted by Gasteiger charge is -2.31. The highest BCUT2D eigenvalue weighted by Gasteiger charge is 2.32. The fourth-order valence-corrected chi connectivity index (χ4v) is 2.28. The van der Waals surface area contributed by atoms with Crippen molar-refractivity contribution in [2.24, 2.45) is 5.92 Å². The first-order chi connectivity index (χ1) is 8.00. The van der Waals surface area contributed by atoms with E-state index in [0.717, 1.165) is 0 Å². The Morgan fingerprint density at radius 3 is 2.47 bits per heavy atom. The maximum atomic E-state index is 11.7. The highest BCUT2D eigenvalue weighted by atomic mass is 35.5. The maximum Gasteiger partial charge on any atom is 0.328 e. The molecule has 1 heterocycles. The zero-order chi connectivity index (χ0) is 12.6. The van der Waals surface area contributed by atoms with Crippen molar-refractivity contribution < 1.29 is 9.59 Å². The van der Waals surface area contributed by atoms with E-state index in [2.05, 4.69) is 5.32 Å². The van der Waals surface area contributed by atoms with Crippen molar-refractivity contribution in [3.8, 4) is 0 Å². The monoisotopic (exact) mass is 272 g/mol. The Morgan fingerprint density at radius 2 is 1.88 bits per heavy atom. The number of imide groups is 1. The summed E-state index contributed by atoms with van der Waals surface area (Å²) in [4.78, 5) is 24.4. The van der Waals surface area contributed by atoms with Crippen molar-refractivity contribution >= 4 is 40.8 Å². The van der Waals surface area contributed by atoms with E-state index < -0.39 is 6.03 Å². The smallest absolute Gasteiger partial charge is 0.290 e. The van der Waals surface area contributed by atoms with Crippen LogP contribution in [0.2, 0.25) is 10.0 Å². The van der Waals surface area contributed by atoms with E-state index in [1.54, 1.807) is 25.1 Å². The summed E-state index contributed by atoms with van der Waals surface area (Å²) >= 11 is 12.0. The number of urea groups is 1. The second-order valence-corrected chi connectivity index (χ2v) is 4.69. The van der Waals surface area contributed by atoms with Crippen LogP contribution in [0.5, 0.6) is 0 Å². The number of hydrogen-bond donors (Lipinski definition) is 1. The number of carbonyl (C=O) groups excluding carboxylic acids is 2. The van der Waals surface area contributed by atoms with Gasteiger partial charge in [0.25, 0.3) is 0 Å². The molecule has 4 nitrogen and oxygen atoms in total. The molecule has 0 spiro atoms. The zero-order valence-electron chi connectivity index (χ0n) is 9.04. The van der Waals surface area contributed by atoms with Crippen molar-refractivity contribution in [1.29, 1.82) is 0 Å². The largest absolute Gasteiger partial charge is 0.328 e. The van der Waals surface area contributed by atoms with Crippen LogP contribution in [0, 0.1) is 5.92 Å². The predicted octanol–water partition coefficient (Wildman–Crippen LogP) is 2.69. The molecule has 0 radical (unpaired) electrons. The van der Waals surface area contributed by atoms with E-state index >= 15 is 0 Å². The molecule has 1 fully saturated rings. The summed E-state index contributed by atoms with van der Waals surface area (Å²) in [6.45, 7) is 2.01. The normalized spacial score (nSPS) is 20.4. The predicted molar refractivity (Wildman–Crippen MR) is 66.5 cm³/mol. The molecule has 3 amide bonds. The molecule has 90 valence electrons. The summed E-state index contributed by atoms with van der Waals surface area (Å²) in [7, 11) is 0. The minimum Gasteiger partial charge on any atom is -0.290 e. The van der Waals surface area contributed by atoms with Gasteiger partial charge in [-0.15, -0.1) is 0 Å². The third-order valence-electron chi connectivity index (χ3n) is 2.59. The maximum absolute atomic E-state index is 11.7. The van der Waals surface area contributed by atoms with Gasteiger partial charge in [0.15, 0.2) is 0 Å². The van der Waals surface area contributed by atoms with Crippen LogP contribution in [0.25, 0.3) is 0 Å². The number of para-hydroxylation sites is 1. The first-order valence-corrected chi connectivity index (χ1v) is 5.82. The first kappa shape index (κ1) is 12.2. The zero-order valence-corrected chi connectivity index (χ0v) is 10.5. The molecule has 17 heavy (non-hydrogen) atoms. The van der Waals surface area contributed by atoms with Crippen LogP contribution in [-0.2, 0) is 4.79 Å². The van der Waals surface area contributed by atoms with Crippen molar-refractivity contribution in [3.63, 3.8) is 0 Å². The Hall–Kier alpha value is -1.26. The molecule has 1 aliphatic heterocycles. The van der Waals surface area contributed by atoms with Crippen LogP contribution in [0.1, 0.15) is 6.92 Å². The number of carbonyl (C=O) groups is 2. The topological polar surface area (TPSA) is 49.4 Å². The van der Waals surface area contributed by atoms with Crippen LogP contribution < -0.4 is 10.2 Å². The third kappa shape index (κ3) is 2.23. The summed E-state index contributed by atoms with van der Waals surface area (Å²) in [5.41, 5.74) is 0.438. The number of anilines is 1. The number of rotatable bonds is 1. The summed E-state index contributed by atoms with van der Waals surface area (Å²) in [5, 5.41) is 3.03. The third-order valence-corrected chi connectivity index (χ3v) is 3.20. The van der Waals surface area contributed by atoms with E-state index in [-0.39, 0.29) is 18.4 Å². The van der Waals surface area contributed by atoms with Gasteiger partial charge in [0.2, 0.25) is 5.91 Å². The molecular weight excluding hydrogens is 263 g/mol. The molecule has 6 heteroatoms. The number of hydrogen-bond acceptors (Lipinski definition) is 2. The number of nitrogens with one attached hydrogen (secondary N) is 1. The van der Waals surface area contributed by atoms with Gasteiger partial charge in [-0.1, -0.05) is 36.2 Å². The summed E-state index contributed by atoms with van der Waals surface area (Å²) in [6, 6.07) is 4.50. The van der Waals surface area contributed by atoms with Gasteiger partial charge < -0.3 is 0 Å². The van der Waals surface area contributed by atoms with Gasteiger partial charge in [-0.25, -0.2) is 4.79 Å². The van der Waals surface area contributed by atoms with E-state index in [4.69, 9.17) is 23.2 Å². The Balaban J connectivity index is 2.40. The molecule has 0 saturated carbocycles. The summed E-state index contributed by atoms with van der Waals surface area (Å²) in [5.74, 6) is -0.575. The number of benzene rings is 1. The average molecular weight is 273 g/mol. The lowest BCUT2D eigenvalue weighted by Crippen LogP contribution is -2.54. The average Bonchev–Trinajstić information content (AvgIpc) is 2.25. The molecule has 1 aromatic rings. The fourth-order valence-electron chi connectivity index (χ4n) is 1.68. The van der Waals surface area contributed by atoms with Gasteiger partial charge >= 0.3 is 6.03 Å². The lowest BCUT2D eigenvalue weighted by atomic mass is 10.1. The molecule has 0 bridgehead atoms. The lowest BCUT2D eigenvalue weighted by molar-refractivity contribution is -0.123. The molecule has 1 atom stereocenters. The van der Waals surface area contributed by atoms with Gasteiger partial charge in [-0.3, -0.25) is 15.0 Å². The van der Waals surface area contributed by atoms with E-state index in [1.807, 2.05) is 0 Å². The molecular formula is C11H10Cl2N2O2. The van der Waals surface area contributed by atoms with Crippen molar-refractivity contribution in [1.82, 2.24) is 5.32 Å². The molecule has 1 saturated heterocycles. The van der Waals surface area contributed by atoms with Gasteiger partial charge in [0, 0.05) is 6.54 Å². The minimum absolute atomic E-state index is 0.272. The summed E-state index contributed by atoms with van der Waals surface area (Å²) in [6.07, 6.45) is 0. The Bertz CT molecular complexity index is 470. The number of amides is 3. The van der Waals surface area contributed by atoms with Crippen molar-refractivity contribution in [3.05, 3.63) is 28.2 Å². The number of nitrogens with zero attached hydrogens (tertiary/aromatic N) is 1. The first-order valence-electron chi connectivity index (χ1n) is 5.07. The minimum atomic E-state index is -0.497. The standard InChI is InChI=1S/C11H10Cl2N2O2/c1-6-5-15(11(17)14-10(6)16)9-7(12)3-2-4-8(9)13/h2-4,6H,5H2,1H3,(H,14,16,17). The molecule has 1 unspecified atom stereocenters. The van der Waals surface area contributed by atoms with Crippen LogP contribution in [0.4, 0.5) is 10.5 Å². The van der Waals surface area contributed by atoms with Crippen LogP contribution >= 0.6 is 23.2 Å². The van der Waals surface area contributed by atoms with Gasteiger partial charge in [0.05, 0.1) is 21.7 Å². The molecule has 1 aromatic carbocycles. The highest BCUT2D eigenvalue weighted by Crippen LogP contribution is 2.34. The quantitative estimate of drug-likeness (QED) is 0.855.